The summed E-state index contributed by atoms with van der Waals surface area (Å²) in [5, 5.41) is 10.8. The van der Waals surface area contributed by atoms with E-state index in [9.17, 15) is 9.59 Å². The molecule has 0 atom stereocenters. The van der Waals surface area contributed by atoms with E-state index < -0.39 is 0 Å². The van der Waals surface area contributed by atoms with Crippen LogP contribution in [0, 0.1) is 0 Å². The zero-order chi connectivity index (χ0) is 45.3. The number of para-hydroxylation sites is 2. The molecule has 0 aliphatic rings. The van der Waals surface area contributed by atoms with E-state index in [2.05, 4.69) is 65.9 Å². The van der Waals surface area contributed by atoms with E-state index >= 15 is 0 Å². The molecule has 19 heteroatoms. The molecule has 0 unspecified atom stereocenters. The van der Waals surface area contributed by atoms with Gasteiger partial charge in [0.25, 0.3) is 11.8 Å². The smallest absolute Gasteiger partial charge is 0.486 e. The number of alkyl halides is 1. The first-order valence-corrected chi connectivity index (χ1v) is 21.6. The van der Waals surface area contributed by atoms with Gasteiger partial charge < -0.3 is 28.4 Å². The van der Waals surface area contributed by atoms with Crippen LogP contribution in [-0.2, 0) is 26.9 Å². The van der Waals surface area contributed by atoms with Gasteiger partial charge in [0.05, 0.1) is 47.8 Å². The second kappa shape index (κ2) is 38.0. The predicted octanol–water partition coefficient (Wildman–Crippen LogP) is 5.56. The summed E-state index contributed by atoms with van der Waals surface area (Å²) in [7, 11) is 12.0. The van der Waals surface area contributed by atoms with Crippen molar-refractivity contribution in [1.29, 1.82) is 0 Å². The molecule has 332 valence electrons. The topological polar surface area (TPSA) is 196 Å². The number of benzene rings is 2. The molecular weight excluding hydrogens is 925 g/mol. The number of carbonyl (C=O) groups is 2. The maximum absolute atomic E-state index is 12.5. The van der Waals surface area contributed by atoms with Crippen molar-refractivity contribution in [3.63, 3.8) is 0 Å². The molecule has 0 spiro atoms. The summed E-state index contributed by atoms with van der Waals surface area (Å²) in [6.45, 7) is 2.71. The molecule has 6 rings (SSSR count). The van der Waals surface area contributed by atoms with Gasteiger partial charge in [0, 0.05) is 106 Å². The van der Waals surface area contributed by atoms with E-state index in [1.165, 1.54) is 14.2 Å². The first-order chi connectivity index (χ1) is 29.7. The normalized spacial score (nSPS) is 9.37. The molecule has 3 N–H and O–H groups in total. The number of pyridine rings is 4. The number of nitrogens with zero attached hydrogens (tertiary/aromatic N) is 5. The summed E-state index contributed by atoms with van der Waals surface area (Å²) in [4.78, 5) is 70.7. The third-order valence-corrected chi connectivity index (χ3v) is 8.13. The summed E-state index contributed by atoms with van der Waals surface area (Å²) in [5.41, 5.74) is 6.24. The number of rotatable bonds is 13. The molecular formula is C44H57AlILiN8O8. The molecule has 2 radical (unpaired) electrons. The predicted molar refractivity (Wildman–Crippen MR) is 258 cm³/mol. The fourth-order valence-corrected chi connectivity index (χ4v) is 5.20. The molecule has 0 fully saturated rings. The van der Waals surface area contributed by atoms with Crippen molar-refractivity contribution in [3.8, 4) is 22.5 Å². The van der Waals surface area contributed by atoms with Crippen molar-refractivity contribution >= 4 is 97.1 Å². The van der Waals surface area contributed by atoms with E-state index in [0.29, 0.717) is 35.2 Å². The Morgan fingerprint density at radius 3 is 1.38 bits per heavy atom. The number of halogens is 1. The van der Waals surface area contributed by atoms with Gasteiger partial charge in [-0.1, -0.05) is 66.4 Å². The Hall–Kier alpha value is -4.50. The average Bonchev–Trinajstić information content (AvgIpc) is 3.30. The van der Waals surface area contributed by atoms with Crippen LogP contribution in [0.5, 0.6) is 0 Å². The standard InChI is InChI=1S/C19H20N4O.C18H18N4O.C2H6O2.CH3I.CO2.2CH3O.CH4.Al.Li/c1-23(2)13-12-21-19(24)16-5-3-4-15-6-7-17(22-18(15)16)14-8-10-20-11-9-14;1-19-11-12-21-18(23)15-4-2-3-14-5-6-16(22-17(14)15)13-7-9-20-10-8-13;1-3-4-2;1-2;2-1-3;2*1-2;;;/h3-11H,12-13H2,1-2H3,(H,21,24);2-10,19H,11-12H2,1H3,(H,21,23);1-2H3;1H3;;2*1H3;1H4;;/q;;;;;2*-1;;+2;/i1-1;;3*1-1;;;;;. The van der Waals surface area contributed by atoms with Gasteiger partial charge in [-0.25, -0.2) is 19.7 Å². The maximum Gasteiger partial charge on any atom is 0.667 e. The van der Waals surface area contributed by atoms with E-state index in [1.54, 1.807) is 45.1 Å². The van der Waals surface area contributed by atoms with Crippen molar-refractivity contribution in [2.24, 2.45) is 0 Å². The van der Waals surface area contributed by atoms with Gasteiger partial charge in [0.2, 0.25) is 0 Å². The second-order valence-corrected chi connectivity index (χ2v) is 13.2. The average molecular weight is 983 g/mol. The van der Waals surface area contributed by atoms with Crippen molar-refractivity contribution in [3.05, 3.63) is 121 Å². The van der Waals surface area contributed by atoms with Gasteiger partial charge in [-0.2, -0.15) is 9.59 Å². The number of aromatic nitrogens is 4. The molecule has 0 bridgehead atoms. The molecule has 16 nitrogen and oxygen atoms in total. The van der Waals surface area contributed by atoms with Crippen molar-refractivity contribution in [1.82, 2.24) is 40.8 Å². The third-order valence-electron chi connectivity index (χ3n) is 7.75. The molecule has 4 aromatic heterocycles. The summed E-state index contributed by atoms with van der Waals surface area (Å²) in [6, 6.07) is 26.9. The van der Waals surface area contributed by atoms with Crippen LogP contribution in [-0.4, -0.2) is 158 Å². The Balaban J connectivity index is 0. The molecule has 4 heterocycles. The van der Waals surface area contributed by atoms with Gasteiger partial charge in [-0.15, -0.1) is 0 Å². The summed E-state index contributed by atoms with van der Waals surface area (Å²) in [5.74, 6) is -0.202. The van der Waals surface area contributed by atoms with Crippen LogP contribution in [0.4, 0.5) is 0 Å². The van der Waals surface area contributed by atoms with Crippen LogP contribution in [0.15, 0.2) is 110 Å². The first-order valence-electron chi connectivity index (χ1n) is 18.5. The third kappa shape index (κ3) is 23.1. The van der Waals surface area contributed by atoms with Crippen LogP contribution in [0.1, 0.15) is 28.1 Å². The molecule has 0 aliphatic heterocycles. The molecule has 2 amide bonds. The van der Waals surface area contributed by atoms with Crippen molar-refractivity contribution < 1.29 is 36.5 Å². The van der Waals surface area contributed by atoms with E-state index in [-0.39, 0.29) is 60.1 Å². The van der Waals surface area contributed by atoms with Crippen LogP contribution in [0.2, 0.25) is 0 Å². The molecule has 0 saturated heterocycles. The minimum Gasteiger partial charge on any atom is -0.486 e. The van der Waals surface area contributed by atoms with Gasteiger partial charge in [0.1, 0.15) is 0 Å². The number of nitrogens with one attached hydrogen (secondary N) is 3. The monoisotopic (exact) mass is 982 g/mol. The zero-order valence-corrected chi connectivity index (χ0v) is 40.0. The Morgan fingerprint density at radius 1 is 0.651 bits per heavy atom. The molecule has 63 heavy (non-hydrogen) atoms. The van der Waals surface area contributed by atoms with Gasteiger partial charge in [-0.05, 0) is 74.6 Å². The van der Waals surface area contributed by atoms with Crippen LogP contribution in [0.3, 0.4) is 0 Å². The van der Waals surface area contributed by atoms with E-state index in [1.807, 2.05) is 110 Å². The van der Waals surface area contributed by atoms with E-state index in [0.717, 1.165) is 46.4 Å². The SMILES string of the molecule is C.CN([11CH3])CCNC(=O)c1cccc2ccc(-c3ccncc3)nc12.CNCCNC(=O)c1cccc2ccc(-c3ccncc3)nc12.COO[11CH3].C[O][Al][O]C.O=[11C]=O.[11CH3]I.[Li]. The number of hydrogen-bond acceptors (Lipinski definition) is 14. The second-order valence-electron chi connectivity index (χ2n) is 12.0. The largest absolute Gasteiger partial charge is 0.667 e. The number of fused-ring (bicyclic) bond motifs is 2. The van der Waals surface area contributed by atoms with Crippen LogP contribution < -0.4 is 16.0 Å². The van der Waals surface area contributed by atoms with Gasteiger partial charge in [-0.3, -0.25) is 19.6 Å². The fraction of sp³-hybridized carbons (Fsp3) is 0.295. The number of carbonyl (C=O) groups excluding carboxylic acids is 4. The molecule has 0 aliphatic carbocycles. The summed E-state index contributed by atoms with van der Waals surface area (Å²) < 4.78 is 9.10. The summed E-state index contributed by atoms with van der Waals surface area (Å²) in [6.07, 6.45) is 7.19. The zero-order valence-electron chi connectivity index (χ0n) is 36.7. The Morgan fingerprint density at radius 2 is 1.05 bits per heavy atom. The van der Waals surface area contributed by atoms with Gasteiger partial charge >= 0.3 is 22.0 Å². The Bertz CT molecular complexity index is 2170. The fourth-order valence-electron chi connectivity index (χ4n) is 5.01. The minimum absolute atomic E-state index is 0. The minimum atomic E-state index is -0.185. The molecule has 2 aromatic carbocycles. The molecule has 0 saturated carbocycles. The number of likely N-dealkylation sites (N-methyl/N-ethyl adjacent to an activating group) is 2. The Labute approximate surface area is 403 Å². The number of hydrogen-bond donors (Lipinski definition) is 3. The summed E-state index contributed by atoms with van der Waals surface area (Å²) >= 11 is 1.96. The van der Waals surface area contributed by atoms with Crippen molar-refractivity contribution in [2.75, 3.05) is 80.7 Å². The van der Waals surface area contributed by atoms with Crippen LogP contribution >= 0.6 is 22.6 Å². The number of amides is 2. The molecule has 6 aromatic rings. The van der Waals surface area contributed by atoms with Crippen LogP contribution in [0.25, 0.3) is 44.3 Å². The first kappa shape index (κ1) is 60.6. The van der Waals surface area contributed by atoms with E-state index in [4.69, 9.17) is 19.6 Å². The maximum atomic E-state index is 12.5. The Kier molecular flexibility index (Phi) is 36.5. The van der Waals surface area contributed by atoms with Crippen molar-refractivity contribution in [2.45, 2.75) is 7.43 Å². The van der Waals surface area contributed by atoms with Gasteiger partial charge in [0.15, 0.2) is 0 Å². The quantitative estimate of drug-likeness (QED) is 0.0325.